The van der Waals surface area contributed by atoms with Crippen LogP contribution in [0.3, 0.4) is 0 Å². The maximum Gasteiger partial charge on any atom is 0.295 e. The van der Waals surface area contributed by atoms with E-state index in [-0.39, 0.29) is 46.7 Å². The molecule has 1 radical (unpaired) electrons. The molecular formula is C16H23N3NaO4S. The van der Waals surface area contributed by atoms with Gasteiger partial charge < -0.3 is 4.90 Å². The van der Waals surface area contributed by atoms with E-state index in [1.165, 1.54) is 9.58 Å². The Bertz CT molecular complexity index is 873. The van der Waals surface area contributed by atoms with Crippen molar-refractivity contribution < 1.29 is 13.0 Å². The number of anilines is 1. The predicted molar refractivity (Wildman–Crippen MR) is 100 cm³/mol. The van der Waals surface area contributed by atoms with Gasteiger partial charge in [-0.05, 0) is 25.0 Å². The van der Waals surface area contributed by atoms with Crippen LogP contribution in [0.25, 0.3) is 5.69 Å². The van der Waals surface area contributed by atoms with Crippen LogP contribution >= 0.6 is 0 Å². The molecule has 25 heavy (non-hydrogen) atoms. The molecule has 0 aliphatic carbocycles. The number of rotatable bonds is 6. The fourth-order valence-corrected chi connectivity index (χ4v) is 3.39. The van der Waals surface area contributed by atoms with Gasteiger partial charge in [0.25, 0.3) is 15.7 Å². The summed E-state index contributed by atoms with van der Waals surface area (Å²) in [4.78, 5) is 14.4. The molecule has 0 saturated carbocycles. The van der Waals surface area contributed by atoms with Gasteiger partial charge in [-0.3, -0.25) is 14.0 Å². The summed E-state index contributed by atoms with van der Waals surface area (Å²) in [6.07, 6.45) is 0. The quantitative estimate of drug-likeness (QED) is 0.609. The van der Waals surface area contributed by atoms with E-state index >= 15 is 0 Å². The monoisotopic (exact) mass is 376 g/mol. The van der Waals surface area contributed by atoms with Crippen LogP contribution in [0.5, 0.6) is 0 Å². The van der Waals surface area contributed by atoms with E-state index in [1.807, 2.05) is 32.0 Å². The molecule has 0 spiro atoms. The van der Waals surface area contributed by atoms with E-state index in [0.717, 1.165) is 0 Å². The first-order valence-corrected chi connectivity index (χ1v) is 9.27. The second-order valence-corrected chi connectivity index (χ2v) is 7.66. The van der Waals surface area contributed by atoms with Crippen LogP contribution in [0.2, 0.25) is 0 Å². The zero-order chi connectivity index (χ0) is 18.1. The van der Waals surface area contributed by atoms with E-state index in [4.69, 9.17) is 0 Å². The van der Waals surface area contributed by atoms with E-state index in [9.17, 15) is 17.8 Å². The summed E-state index contributed by atoms with van der Waals surface area (Å²) < 4.78 is 35.2. The van der Waals surface area contributed by atoms with Gasteiger partial charge in [0.2, 0.25) is 0 Å². The third-order valence-electron chi connectivity index (χ3n) is 3.74. The zero-order valence-electron chi connectivity index (χ0n) is 15.3. The Morgan fingerprint density at radius 1 is 1.20 bits per heavy atom. The fourth-order valence-electron chi connectivity index (χ4n) is 2.76. The molecule has 133 valence electrons. The molecular weight excluding hydrogens is 353 g/mol. The summed E-state index contributed by atoms with van der Waals surface area (Å²) in [6, 6.07) is 9.12. The number of hydrogen-bond donors (Lipinski definition) is 1. The molecule has 1 aromatic heterocycles. The van der Waals surface area contributed by atoms with E-state index < -0.39 is 16.0 Å². The molecule has 0 aliphatic rings. The smallest absolute Gasteiger partial charge is 0.295 e. The van der Waals surface area contributed by atoms with Gasteiger partial charge in [-0.25, -0.2) is 4.68 Å². The number of benzene rings is 1. The predicted octanol–water partition coefficient (Wildman–Crippen LogP) is 1.41. The van der Waals surface area contributed by atoms with Crippen molar-refractivity contribution in [3.05, 3.63) is 46.4 Å². The van der Waals surface area contributed by atoms with Crippen LogP contribution in [-0.2, 0) is 17.2 Å². The van der Waals surface area contributed by atoms with Gasteiger partial charge in [0.1, 0.15) is 11.6 Å². The Morgan fingerprint density at radius 2 is 1.76 bits per heavy atom. The largest absolute Gasteiger partial charge is 0.349 e. The Hall–Kier alpha value is -1.06. The maximum absolute atomic E-state index is 12.9. The second kappa shape index (κ2) is 8.55. The summed E-state index contributed by atoms with van der Waals surface area (Å²) in [7, 11) is -2.51. The van der Waals surface area contributed by atoms with Crippen molar-refractivity contribution in [1.82, 2.24) is 9.36 Å². The Morgan fingerprint density at radius 3 is 2.24 bits per heavy atom. The first-order chi connectivity index (χ1) is 11.1. The summed E-state index contributed by atoms with van der Waals surface area (Å²) >= 11 is 0. The van der Waals surface area contributed by atoms with Gasteiger partial charge in [0.15, 0.2) is 0 Å². The Balaban J connectivity index is 0.00000312. The number of aromatic nitrogens is 2. The molecule has 0 saturated heterocycles. The molecule has 1 N–H and O–H groups in total. The Kier molecular flexibility index (Phi) is 7.52. The van der Waals surface area contributed by atoms with Crippen LogP contribution in [-0.4, -0.2) is 64.3 Å². The molecule has 2 rings (SSSR count). The fraction of sp³-hybridized carbons (Fsp3) is 0.438. The van der Waals surface area contributed by atoms with E-state index in [0.29, 0.717) is 17.9 Å². The molecule has 0 aliphatic heterocycles. The van der Waals surface area contributed by atoms with Crippen LogP contribution in [0.4, 0.5) is 5.69 Å². The summed E-state index contributed by atoms with van der Waals surface area (Å²) in [5.41, 5.74) is 1.29. The van der Waals surface area contributed by atoms with Gasteiger partial charge in [-0.2, -0.15) is 8.42 Å². The average molecular weight is 376 g/mol. The standard InChI is InChI=1S/C16H23N3O4S.Na/c1-12(2)10-18(11-24(21,22)23)15-13(3)17(4)19(16(15)20)14-8-6-5-7-9-14;/h5-9,12H,10-11H2,1-4H3,(H,21,22,23);. The summed E-state index contributed by atoms with van der Waals surface area (Å²) in [6.45, 7) is 5.94. The zero-order valence-corrected chi connectivity index (χ0v) is 18.1. The minimum absolute atomic E-state index is 0. The van der Waals surface area contributed by atoms with Crippen molar-refractivity contribution in [2.75, 3.05) is 17.3 Å². The average Bonchev–Trinajstić information content (AvgIpc) is 2.67. The molecule has 0 fully saturated rings. The summed E-state index contributed by atoms with van der Waals surface area (Å²) in [5.74, 6) is -0.490. The van der Waals surface area contributed by atoms with Crippen molar-refractivity contribution >= 4 is 45.4 Å². The SMILES string of the molecule is Cc1c(N(CC(C)C)CS(=O)(=O)O)c(=O)n(-c2ccccc2)n1C.[Na]. The number of hydrogen-bond acceptors (Lipinski definition) is 4. The molecule has 0 unspecified atom stereocenters. The minimum Gasteiger partial charge on any atom is -0.349 e. The molecule has 1 heterocycles. The van der Waals surface area contributed by atoms with Crippen molar-refractivity contribution in [3.8, 4) is 5.69 Å². The van der Waals surface area contributed by atoms with E-state index in [1.54, 1.807) is 30.8 Å². The Labute approximate surface area is 170 Å². The summed E-state index contributed by atoms with van der Waals surface area (Å²) in [5, 5.41) is 0. The van der Waals surface area contributed by atoms with Crippen LogP contribution in [0, 0.1) is 12.8 Å². The van der Waals surface area contributed by atoms with Crippen LogP contribution < -0.4 is 10.5 Å². The molecule has 0 bridgehead atoms. The van der Waals surface area contributed by atoms with Crippen molar-refractivity contribution in [3.63, 3.8) is 0 Å². The number of nitrogens with zero attached hydrogens (tertiary/aromatic N) is 3. The van der Waals surface area contributed by atoms with Crippen molar-refractivity contribution in [2.45, 2.75) is 20.8 Å². The van der Waals surface area contributed by atoms with Gasteiger partial charge >= 0.3 is 0 Å². The topological polar surface area (TPSA) is 84.5 Å². The van der Waals surface area contributed by atoms with Crippen molar-refractivity contribution in [1.29, 1.82) is 0 Å². The van der Waals surface area contributed by atoms with E-state index in [2.05, 4.69) is 0 Å². The molecule has 7 nitrogen and oxygen atoms in total. The van der Waals surface area contributed by atoms with Gasteiger partial charge in [0, 0.05) is 43.1 Å². The maximum atomic E-state index is 12.9. The van der Waals surface area contributed by atoms with Crippen LogP contribution in [0.1, 0.15) is 19.5 Å². The number of para-hydroxylation sites is 1. The van der Waals surface area contributed by atoms with Gasteiger partial charge in [0.05, 0.1) is 11.4 Å². The second-order valence-electron chi connectivity index (χ2n) is 6.24. The van der Waals surface area contributed by atoms with Gasteiger partial charge in [-0.15, -0.1) is 0 Å². The third-order valence-corrected chi connectivity index (χ3v) is 4.38. The normalized spacial score (nSPS) is 11.4. The van der Waals surface area contributed by atoms with Crippen molar-refractivity contribution in [2.24, 2.45) is 13.0 Å². The third kappa shape index (κ3) is 5.21. The van der Waals surface area contributed by atoms with Crippen LogP contribution in [0.15, 0.2) is 35.1 Å². The molecule has 2 aromatic rings. The first kappa shape index (κ1) is 22.0. The minimum atomic E-state index is -4.25. The molecule has 1 aromatic carbocycles. The molecule has 0 amide bonds. The first-order valence-electron chi connectivity index (χ1n) is 7.66. The van der Waals surface area contributed by atoms with Gasteiger partial charge in [-0.1, -0.05) is 32.0 Å². The molecule has 0 atom stereocenters. The molecule has 9 heteroatoms.